The van der Waals surface area contributed by atoms with Crippen LogP contribution in [0.25, 0.3) is 26.7 Å². The number of thiophene rings is 1. The predicted octanol–water partition coefficient (Wildman–Crippen LogP) is 7.06. The van der Waals surface area contributed by atoms with E-state index in [0.29, 0.717) is 11.8 Å². The number of aromatic nitrogens is 2. The van der Waals surface area contributed by atoms with Crippen molar-refractivity contribution in [2.75, 3.05) is 0 Å². The molecule has 0 amide bonds. The molecule has 2 heterocycles. The molecular formula is C23H25N2PtS-. The second kappa shape index (κ2) is 8.29. The third kappa shape index (κ3) is 3.64. The standard InChI is InChI=1S/C23H25N2S.Pt/c1-5-15(3)17-7-8-19-13-24-25(21(19)11-17)22-14-26-23-12-18(16(4)6-2)9-10-20(22)23;/h7-13,15-16H,5-6H2,1-4H3;/q-1;. The van der Waals surface area contributed by atoms with Crippen LogP contribution in [0.2, 0.25) is 0 Å². The van der Waals surface area contributed by atoms with Gasteiger partial charge in [-0.1, -0.05) is 56.8 Å². The number of benzene rings is 2. The fourth-order valence-electron chi connectivity index (χ4n) is 3.43. The molecular weight excluding hydrogens is 531 g/mol. The first-order valence-electron chi connectivity index (χ1n) is 9.54. The van der Waals surface area contributed by atoms with Crippen molar-refractivity contribution in [2.45, 2.75) is 52.4 Å². The van der Waals surface area contributed by atoms with Crippen molar-refractivity contribution in [2.24, 2.45) is 0 Å². The summed E-state index contributed by atoms with van der Waals surface area (Å²) in [5.41, 5.74) is 5.02. The van der Waals surface area contributed by atoms with Gasteiger partial charge in [0.05, 0.1) is 11.7 Å². The maximum Gasteiger partial charge on any atom is 0.0719 e. The van der Waals surface area contributed by atoms with E-state index in [2.05, 4.69) is 79.3 Å². The molecule has 0 bridgehead atoms. The van der Waals surface area contributed by atoms with Gasteiger partial charge in [-0.05, 0) is 42.0 Å². The van der Waals surface area contributed by atoms with Crippen molar-refractivity contribution in [3.8, 4) is 5.69 Å². The normalized spacial score (nSPS) is 13.6. The zero-order valence-corrected chi connectivity index (χ0v) is 19.3. The molecule has 4 rings (SSSR count). The molecule has 0 fully saturated rings. The molecule has 0 N–H and O–H groups in total. The van der Waals surface area contributed by atoms with Gasteiger partial charge >= 0.3 is 0 Å². The molecule has 2 unspecified atom stereocenters. The Labute approximate surface area is 179 Å². The molecule has 0 aliphatic rings. The molecule has 4 heteroatoms. The Balaban J connectivity index is 0.00000210. The van der Waals surface area contributed by atoms with Crippen molar-refractivity contribution in [1.82, 2.24) is 9.78 Å². The van der Waals surface area contributed by atoms with E-state index in [1.807, 2.05) is 6.20 Å². The minimum Gasteiger partial charge on any atom is -0.293 e. The van der Waals surface area contributed by atoms with Gasteiger partial charge in [0, 0.05) is 26.5 Å². The Bertz CT molecular complexity index is 1060. The minimum atomic E-state index is 0. The molecule has 2 atom stereocenters. The molecule has 2 aromatic heterocycles. The monoisotopic (exact) mass is 556 g/mol. The van der Waals surface area contributed by atoms with Gasteiger partial charge in [-0.2, -0.15) is 5.10 Å². The van der Waals surface area contributed by atoms with E-state index < -0.39 is 0 Å². The minimum absolute atomic E-state index is 0. The first-order valence-corrected chi connectivity index (χ1v) is 10.4. The average Bonchev–Trinajstić information content (AvgIpc) is 3.29. The van der Waals surface area contributed by atoms with Crippen LogP contribution in [0.3, 0.4) is 0 Å². The van der Waals surface area contributed by atoms with E-state index in [-0.39, 0.29) is 21.1 Å². The Morgan fingerprint density at radius 2 is 1.67 bits per heavy atom. The van der Waals surface area contributed by atoms with E-state index in [4.69, 9.17) is 0 Å². The van der Waals surface area contributed by atoms with Crippen LogP contribution in [-0.2, 0) is 21.1 Å². The summed E-state index contributed by atoms with van der Waals surface area (Å²) in [6, 6.07) is 13.5. The Hall–Kier alpha value is -1.44. The van der Waals surface area contributed by atoms with E-state index in [1.54, 1.807) is 11.3 Å². The number of fused-ring (bicyclic) bond motifs is 2. The summed E-state index contributed by atoms with van der Waals surface area (Å²) < 4.78 is 3.35. The first kappa shape index (κ1) is 20.3. The van der Waals surface area contributed by atoms with Crippen molar-refractivity contribution in [3.05, 3.63) is 59.1 Å². The maximum atomic E-state index is 4.68. The molecule has 2 aromatic carbocycles. The van der Waals surface area contributed by atoms with Crippen LogP contribution in [0.1, 0.15) is 63.5 Å². The fourth-order valence-corrected chi connectivity index (χ4v) is 4.31. The summed E-state index contributed by atoms with van der Waals surface area (Å²) in [4.78, 5) is 0. The van der Waals surface area contributed by atoms with Crippen LogP contribution >= 0.6 is 11.3 Å². The van der Waals surface area contributed by atoms with Gasteiger partial charge in [0.1, 0.15) is 0 Å². The topological polar surface area (TPSA) is 17.8 Å². The molecule has 0 aliphatic carbocycles. The number of nitrogens with zero attached hydrogens (tertiary/aromatic N) is 2. The SMILES string of the molecule is CCC(C)c1ccc2c(-n3ncc4ccc(C(C)CC)cc43)[c-]sc2c1.[Pt]. The van der Waals surface area contributed by atoms with Crippen LogP contribution in [0.15, 0.2) is 42.6 Å². The molecule has 0 saturated carbocycles. The smallest absolute Gasteiger partial charge is 0.0719 e. The Morgan fingerprint density at radius 1 is 1.00 bits per heavy atom. The Kier molecular flexibility index (Phi) is 6.23. The summed E-state index contributed by atoms with van der Waals surface area (Å²) >= 11 is 1.69. The molecule has 2 nitrogen and oxygen atoms in total. The zero-order chi connectivity index (χ0) is 18.3. The predicted molar refractivity (Wildman–Crippen MR) is 113 cm³/mol. The van der Waals surface area contributed by atoms with Crippen LogP contribution in [0, 0.1) is 5.38 Å². The van der Waals surface area contributed by atoms with Crippen LogP contribution in [0.4, 0.5) is 0 Å². The molecule has 0 saturated heterocycles. The molecule has 0 aliphatic heterocycles. The van der Waals surface area contributed by atoms with E-state index >= 15 is 0 Å². The summed E-state index contributed by atoms with van der Waals surface area (Å²) in [7, 11) is 0. The van der Waals surface area contributed by atoms with Gasteiger partial charge in [-0.15, -0.1) is 22.2 Å². The van der Waals surface area contributed by atoms with Crippen molar-refractivity contribution in [3.63, 3.8) is 0 Å². The first-order chi connectivity index (χ1) is 12.6. The second-order valence-corrected chi connectivity index (χ2v) is 8.15. The Morgan fingerprint density at radius 3 is 2.37 bits per heavy atom. The van der Waals surface area contributed by atoms with Gasteiger partial charge < -0.3 is 0 Å². The van der Waals surface area contributed by atoms with E-state index in [9.17, 15) is 0 Å². The fraction of sp³-hybridized carbons (Fsp3) is 0.348. The number of hydrogen-bond donors (Lipinski definition) is 0. The maximum absolute atomic E-state index is 4.68. The molecule has 27 heavy (non-hydrogen) atoms. The molecule has 4 aromatic rings. The van der Waals surface area contributed by atoms with Gasteiger partial charge in [-0.3, -0.25) is 16.0 Å². The molecule has 0 spiro atoms. The van der Waals surface area contributed by atoms with Crippen LogP contribution < -0.4 is 0 Å². The largest absolute Gasteiger partial charge is 0.293 e. The summed E-state index contributed by atoms with van der Waals surface area (Å²) in [6.45, 7) is 9.05. The third-order valence-electron chi connectivity index (χ3n) is 5.69. The van der Waals surface area contributed by atoms with E-state index in [0.717, 1.165) is 18.5 Å². The third-order valence-corrected chi connectivity index (χ3v) is 6.54. The number of rotatable bonds is 5. The number of hydrogen-bond acceptors (Lipinski definition) is 2. The van der Waals surface area contributed by atoms with Gasteiger partial charge in [0.25, 0.3) is 0 Å². The summed E-state index contributed by atoms with van der Waals surface area (Å²) in [5, 5.41) is 10.6. The van der Waals surface area contributed by atoms with Gasteiger partial charge in [-0.25, -0.2) is 0 Å². The molecule has 144 valence electrons. The van der Waals surface area contributed by atoms with Crippen molar-refractivity contribution >= 4 is 32.3 Å². The summed E-state index contributed by atoms with van der Waals surface area (Å²) in [6.07, 6.45) is 4.27. The van der Waals surface area contributed by atoms with Crippen LogP contribution in [0.5, 0.6) is 0 Å². The average molecular weight is 557 g/mol. The van der Waals surface area contributed by atoms with Crippen LogP contribution in [-0.4, -0.2) is 9.78 Å². The zero-order valence-electron chi connectivity index (χ0n) is 16.2. The van der Waals surface area contributed by atoms with Crippen molar-refractivity contribution < 1.29 is 21.1 Å². The molecule has 0 radical (unpaired) electrons. The quantitative estimate of drug-likeness (QED) is 0.241. The van der Waals surface area contributed by atoms with Gasteiger partial charge in [0.15, 0.2) is 0 Å². The van der Waals surface area contributed by atoms with Crippen molar-refractivity contribution in [1.29, 1.82) is 0 Å². The second-order valence-electron chi connectivity index (χ2n) is 7.30. The van der Waals surface area contributed by atoms with Gasteiger partial charge in [0.2, 0.25) is 0 Å². The summed E-state index contributed by atoms with van der Waals surface area (Å²) in [5.74, 6) is 1.15. The van der Waals surface area contributed by atoms with E-state index in [1.165, 1.54) is 32.1 Å².